The van der Waals surface area contributed by atoms with Crippen molar-refractivity contribution in [3.63, 3.8) is 0 Å². The molecule has 0 atom stereocenters. The zero-order valence-corrected chi connectivity index (χ0v) is 13.1. The SMILES string of the molecule is N#CCCCCN1c2ccccc2Sc2ccc(Cl)cc21. The van der Waals surface area contributed by atoms with Crippen molar-refractivity contribution in [2.75, 3.05) is 11.4 Å². The van der Waals surface area contributed by atoms with Gasteiger partial charge < -0.3 is 4.90 Å². The van der Waals surface area contributed by atoms with Gasteiger partial charge >= 0.3 is 0 Å². The second-order valence-corrected chi connectivity index (χ2v) is 6.47. The van der Waals surface area contributed by atoms with Crippen LogP contribution in [0.25, 0.3) is 0 Å². The predicted molar refractivity (Wildman–Crippen MR) is 88.5 cm³/mol. The molecule has 0 N–H and O–H groups in total. The number of hydrogen-bond donors (Lipinski definition) is 0. The molecule has 2 aromatic rings. The molecule has 0 aliphatic carbocycles. The van der Waals surface area contributed by atoms with Gasteiger partial charge in [0.05, 0.1) is 17.4 Å². The highest BCUT2D eigenvalue weighted by molar-refractivity contribution is 7.99. The fraction of sp³-hybridized carbons (Fsp3) is 0.235. The highest BCUT2D eigenvalue weighted by Crippen LogP contribution is 2.48. The molecule has 0 fully saturated rings. The maximum Gasteiger partial charge on any atom is 0.0621 e. The first kappa shape index (κ1) is 14.3. The minimum Gasteiger partial charge on any atom is -0.340 e. The smallest absolute Gasteiger partial charge is 0.0621 e. The fourth-order valence-electron chi connectivity index (χ4n) is 2.52. The predicted octanol–water partition coefficient (Wildman–Crippen LogP) is 5.64. The summed E-state index contributed by atoms with van der Waals surface area (Å²) in [6.07, 6.45) is 2.55. The molecule has 1 aliphatic heterocycles. The van der Waals surface area contributed by atoms with Crippen molar-refractivity contribution >= 4 is 34.7 Å². The van der Waals surface area contributed by atoms with Gasteiger partial charge in [0.2, 0.25) is 0 Å². The number of rotatable bonds is 4. The molecule has 21 heavy (non-hydrogen) atoms. The van der Waals surface area contributed by atoms with E-state index in [0.717, 1.165) is 24.4 Å². The summed E-state index contributed by atoms with van der Waals surface area (Å²) in [4.78, 5) is 4.83. The lowest BCUT2D eigenvalue weighted by Crippen LogP contribution is -2.21. The van der Waals surface area contributed by atoms with E-state index in [2.05, 4.69) is 41.3 Å². The quantitative estimate of drug-likeness (QED) is 0.684. The summed E-state index contributed by atoms with van der Waals surface area (Å²) in [5.74, 6) is 0. The minimum atomic E-state index is 0.618. The lowest BCUT2D eigenvalue weighted by atomic mass is 10.2. The van der Waals surface area contributed by atoms with Crippen molar-refractivity contribution < 1.29 is 0 Å². The van der Waals surface area contributed by atoms with Gasteiger partial charge in [-0.25, -0.2) is 0 Å². The highest BCUT2D eigenvalue weighted by atomic mass is 35.5. The van der Waals surface area contributed by atoms with Crippen LogP contribution in [0.15, 0.2) is 52.3 Å². The summed E-state index contributed by atoms with van der Waals surface area (Å²) in [6.45, 7) is 0.909. The summed E-state index contributed by atoms with van der Waals surface area (Å²) < 4.78 is 0. The molecule has 1 aliphatic rings. The first-order chi connectivity index (χ1) is 10.3. The summed E-state index contributed by atoms with van der Waals surface area (Å²) >= 11 is 7.96. The van der Waals surface area contributed by atoms with Crippen LogP contribution in [-0.2, 0) is 0 Å². The van der Waals surface area contributed by atoms with Crippen LogP contribution in [0.1, 0.15) is 19.3 Å². The molecule has 2 aromatic carbocycles. The van der Waals surface area contributed by atoms with Gasteiger partial charge in [-0.1, -0.05) is 35.5 Å². The van der Waals surface area contributed by atoms with E-state index in [1.807, 2.05) is 12.1 Å². The standard InChI is InChI=1S/C17H15ClN2S/c18-13-8-9-17-15(12-13)20(11-5-1-4-10-19)14-6-2-3-7-16(14)21-17/h2-3,6-9,12H,1,4-5,11H2. The molecule has 2 nitrogen and oxygen atoms in total. The third-order valence-electron chi connectivity index (χ3n) is 3.51. The molecule has 4 heteroatoms. The summed E-state index contributed by atoms with van der Waals surface area (Å²) in [5.41, 5.74) is 2.40. The Morgan fingerprint density at radius 1 is 1.05 bits per heavy atom. The van der Waals surface area contributed by atoms with Crippen LogP contribution >= 0.6 is 23.4 Å². The Labute approximate surface area is 134 Å². The second-order valence-electron chi connectivity index (χ2n) is 4.95. The van der Waals surface area contributed by atoms with Gasteiger partial charge in [0.25, 0.3) is 0 Å². The molecule has 3 rings (SSSR count). The third kappa shape index (κ3) is 3.02. The molecule has 0 amide bonds. The van der Waals surface area contributed by atoms with E-state index >= 15 is 0 Å². The Morgan fingerprint density at radius 3 is 2.71 bits per heavy atom. The van der Waals surface area contributed by atoms with Crippen LogP contribution in [0, 0.1) is 11.3 Å². The molecule has 1 heterocycles. The van der Waals surface area contributed by atoms with Crippen LogP contribution in [0.3, 0.4) is 0 Å². The lowest BCUT2D eigenvalue weighted by Gasteiger charge is -2.33. The van der Waals surface area contributed by atoms with Crippen molar-refractivity contribution in [1.29, 1.82) is 5.26 Å². The van der Waals surface area contributed by atoms with Gasteiger partial charge in [-0.15, -0.1) is 0 Å². The number of halogens is 1. The minimum absolute atomic E-state index is 0.618. The van der Waals surface area contributed by atoms with E-state index in [0.29, 0.717) is 6.42 Å². The maximum atomic E-state index is 8.67. The van der Waals surface area contributed by atoms with Gasteiger partial charge in [0, 0.05) is 27.8 Å². The van der Waals surface area contributed by atoms with Crippen LogP contribution < -0.4 is 4.90 Å². The molecule has 0 spiro atoms. The van der Waals surface area contributed by atoms with Crippen molar-refractivity contribution in [3.05, 3.63) is 47.5 Å². The van der Waals surface area contributed by atoms with E-state index < -0.39 is 0 Å². The average Bonchev–Trinajstić information content (AvgIpc) is 2.51. The summed E-state index contributed by atoms with van der Waals surface area (Å²) in [6, 6.07) is 16.7. The number of para-hydroxylation sites is 1. The number of unbranched alkanes of at least 4 members (excludes halogenated alkanes) is 2. The average molecular weight is 315 g/mol. The molecule has 0 radical (unpaired) electrons. The second kappa shape index (κ2) is 6.43. The zero-order valence-electron chi connectivity index (χ0n) is 11.6. The molecule has 0 saturated carbocycles. The number of nitrogens with zero attached hydrogens (tertiary/aromatic N) is 2. The highest BCUT2D eigenvalue weighted by Gasteiger charge is 2.22. The van der Waals surface area contributed by atoms with Gasteiger partial charge in [-0.05, 0) is 43.2 Å². The Morgan fingerprint density at radius 2 is 1.86 bits per heavy atom. The van der Waals surface area contributed by atoms with Crippen LogP contribution in [-0.4, -0.2) is 6.54 Å². The van der Waals surface area contributed by atoms with E-state index in [1.165, 1.54) is 21.2 Å². The molecule has 106 valence electrons. The third-order valence-corrected chi connectivity index (χ3v) is 4.87. The van der Waals surface area contributed by atoms with E-state index in [-0.39, 0.29) is 0 Å². The van der Waals surface area contributed by atoms with E-state index in [1.54, 1.807) is 11.8 Å². The van der Waals surface area contributed by atoms with Crippen molar-refractivity contribution in [2.24, 2.45) is 0 Å². The number of fused-ring (bicyclic) bond motifs is 2. The van der Waals surface area contributed by atoms with Crippen LogP contribution in [0.5, 0.6) is 0 Å². The zero-order chi connectivity index (χ0) is 14.7. The Hall–Kier alpha value is -1.63. The van der Waals surface area contributed by atoms with Crippen LogP contribution in [0.4, 0.5) is 11.4 Å². The summed E-state index contributed by atoms with van der Waals surface area (Å²) in [7, 11) is 0. The van der Waals surface area contributed by atoms with Gasteiger partial charge in [-0.3, -0.25) is 0 Å². The first-order valence-electron chi connectivity index (χ1n) is 7.00. The van der Waals surface area contributed by atoms with Crippen molar-refractivity contribution in [2.45, 2.75) is 29.1 Å². The largest absolute Gasteiger partial charge is 0.340 e. The van der Waals surface area contributed by atoms with E-state index in [9.17, 15) is 0 Å². The monoisotopic (exact) mass is 314 g/mol. The van der Waals surface area contributed by atoms with Gasteiger partial charge in [0.15, 0.2) is 0 Å². The van der Waals surface area contributed by atoms with Gasteiger partial charge in [-0.2, -0.15) is 5.26 Å². The fourth-order valence-corrected chi connectivity index (χ4v) is 3.76. The molecular formula is C17H15ClN2S. The molecule has 0 aromatic heterocycles. The van der Waals surface area contributed by atoms with Crippen molar-refractivity contribution in [1.82, 2.24) is 0 Å². The number of hydrogen-bond acceptors (Lipinski definition) is 3. The first-order valence-corrected chi connectivity index (χ1v) is 8.20. The Kier molecular flexibility index (Phi) is 4.38. The number of benzene rings is 2. The Balaban J connectivity index is 1.93. The van der Waals surface area contributed by atoms with E-state index in [4.69, 9.17) is 16.9 Å². The maximum absolute atomic E-state index is 8.67. The topological polar surface area (TPSA) is 27.0 Å². The van der Waals surface area contributed by atoms with Gasteiger partial charge in [0.1, 0.15) is 0 Å². The number of nitriles is 1. The molecule has 0 unspecified atom stereocenters. The molecule has 0 saturated heterocycles. The van der Waals surface area contributed by atoms with Crippen molar-refractivity contribution in [3.8, 4) is 6.07 Å². The normalized spacial score (nSPS) is 12.5. The lowest BCUT2D eigenvalue weighted by molar-refractivity contribution is 0.742. The Bertz CT molecular complexity index is 693. The van der Waals surface area contributed by atoms with Crippen LogP contribution in [0.2, 0.25) is 5.02 Å². The number of anilines is 2. The molecule has 0 bridgehead atoms. The molecular weight excluding hydrogens is 300 g/mol. The summed E-state index contributed by atoms with van der Waals surface area (Å²) in [5, 5.41) is 9.43.